The van der Waals surface area contributed by atoms with E-state index < -0.39 is 0 Å². The summed E-state index contributed by atoms with van der Waals surface area (Å²) in [6.07, 6.45) is 0.730. The van der Waals surface area contributed by atoms with Gasteiger partial charge in [0.25, 0.3) is 0 Å². The van der Waals surface area contributed by atoms with Gasteiger partial charge in [0.1, 0.15) is 11.3 Å². The SMILES string of the molecule is COc1ccc(CCN)c2[nH]c(=O)[nH]c12. The highest BCUT2D eigenvalue weighted by molar-refractivity contribution is 5.84. The Labute approximate surface area is 86.3 Å². The van der Waals surface area contributed by atoms with Crippen LogP contribution in [-0.2, 0) is 6.42 Å². The van der Waals surface area contributed by atoms with Crippen molar-refractivity contribution in [3.05, 3.63) is 28.2 Å². The summed E-state index contributed by atoms with van der Waals surface area (Å²) in [4.78, 5) is 16.7. The summed E-state index contributed by atoms with van der Waals surface area (Å²) in [7, 11) is 1.57. The zero-order valence-corrected chi connectivity index (χ0v) is 8.46. The van der Waals surface area contributed by atoms with Crippen LogP contribution in [0.15, 0.2) is 16.9 Å². The maximum Gasteiger partial charge on any atom is 0.323 e. The monoisotopic (exact) mass is 207 g/mol. The second-order valence-corrected chi connectivity index (χ2v) is 3.29. The topological polar surface area (TPSA) is 83.9 Å². The minimum Gasteiger partial charge on any atom is -0.494 e. The van der Waals surface area contributed by atoms with Crippen molar-refractivity contribution in [2.24, 2.45) is 5.73 Å². The van der Waals surface area contributed by atoms with E-state index in [2.05, 4.69) is 9.97 Å². The number of methoxy groups -OCH3 is 1. The number of aromatic nitrogens is 2. The average Bonchev–Trinajstić information content (AvgIpc) is 2.61. The number of aromatic amines is 2. The third-order valence-corrected chi connectivity index (χ3v) is 2.36. The van der Waals surface area contributed by atoms with Crippen molar-refractivity contribution in [1.29, 1.82) is 0 Å². The van der Waals surface area contributed by atoms with Crippen LogP contribution < -0.4 is 16.2 Å². The Hall–Kier alpha value is -1.75. The van der Waals surface area contributed by atoms with Crippen molar-refractivity contribution in [1.82, 2.24) is 9.97 Å². The quantitative estimate of drug-likeness (QED) is 0.679. The Kier molecular flexibility index (Phi) is 2.47. The zero-order chi connectivity index (χ0) is 10.8. The second-order valence-electron chi connectivity index (χ2n) is 3.29. The predicted octanol–water partition coefficient (Wildman–Crippen LogP) is 0.366. The number of benzene rings is 1. The lowest BCUT2D eigenvalue weighted by Gasteiger charge is -2.04. The third kappa shape index (κ3) is 1.61. The molecule has 4 N–H and O–H groups in total. The molecule has 0 saturated heterocycles. The average molecular weight is 207 g/mol. The van der Waals surface area contributed by atoms with E-state index in [1.54, 1.807) is 7.11 Å². The summed E-state index contributed by atoms with van der Waals surface area (Å²) in [6.45, 7) is 0.550. The van der Waals surface area contributed by atoms with Crippen molar-refractivity contribution >= 4 is 11.0 Å². The Morgan fingerprint density at radius 1 is 1.33 bits per heavy atom. The van der Waals surface area contributed by atoms with Crippen LogP contribution in [0.5, 0.6) is 5.75 Å². The number of ether oxygens (including phenoxy) is 1. The minimum atomic E-state index is -0.229. The van der Waals surface area contributed by atoms with E-state index in [-0.39, 0.29) is 5.69 Å². The lowest BCUT2D eigenvalue weighted by atomic mass is 10.1. The summed E-state index contributed by atoms with van der Waals surface area (Å²) in [5.74, 6) is 0.657. The van der Waals surface area contributed by atoms with Crippen molar-refractivity contribution in [2.75, 3.05) is 13.7 Å². The number of imidazole rings is 1. The highest BCUT2D eigenvalue weighted by Crippen LogP contribution is 2.24. The molecule has 0 unspecified atom stereocenters. The first kappa shape index (κ1) is 9.79. The van der Waals surface area contributed by atoms with Crippen LogP contribution in [0.3, 0.4) is 0 Å². The molecule has 0 radical (unpaired) electrons. The first-order valence-corrected chi connectivity index (χ1v) is 4.74. The molecule has 2 rings (SSSR count). The zero-order valence-electron chi connectivity index (χ0n) is 8.46. The molecule has 0 spiro atoms. The standard InChI is InChI=1S/C10H13N3O2/c1-15-7-3-2-6(4-5-11)8-9(7)13-10(14)12-8/h2-3H,4-5,11H2,1H3,(H2,12,13,14). The third-order valence-electron chi connectivity index (χ3n) is 2.36. The number of nitrogens with two attached hydrogens (primary N) is 1. The van der Waals surface area contributed by atoms with E-state index >= 15 is 0 Å². The van der Waals surface area contributed by atoms with Gasteiger partial charge in [0.05, 0.1) is 12.6 Å². The normalized spacial score (nSPS) is 10.8. The molecule has 0 atom stereocenters. The van der Waals surface area contributed by atoms with Crippen molar-refractivity contribution in [3.63, 3.8) is 0 Å². The molecule has 1 aromatic carbocycles. The van der Waals surface area contributed by atoms with Gasteiger partial charge in [-0.1, -0.05) is 6.07 Å². The predicted molar refractivity (Wildman–Crippen MR) is 58.2 cm³/mol. The number of nitrogens with one attached hydrogen (secondary N) is 2. The van der Waals surface area contributed by atoms with E-state index in [0.717, 1.165) is 17.5 Å². The molecule has 0 fully saturated rings. The Balaban J connectivity index is 2.70. The van der Waals surface area contributed by atoms with Crippen LogP contribution in [0.4, 0.5) is 0 Å². The number of H-pyrrole nitrogens is 2. The fraction of sp³-hybridized carbons (Fsp3) is 0.300. The summed E-state index contributed by atoms with van der Waals surface area (Å²) < 4.78 is 5.15. The molecular formula is C10H13N3O2. The van der Waals surface area contributed by atoms with Crippen molar-refractivity contribution in [3.8, 4) is 5.75 Å². The molecule has 5 nitrogen and oxygen atoms in total. The summed E-state index contributed by atoms with van der Waals surface area (Å²) in [5, 5.41) is 0. The highest BCUT2D eigenvalue weighted by atomic mass is 16.5. The van der Waals surface area contributed by atoms with Crippen LogP contribution in [-0.4, -0.2) is 23.6 Å². The van der Waals surface area contributed by atoms with Crippen molar-refractivity contribution in [2.45, 2.75) is 6.42 Å². The molecule has 5 heteroatoms. The number of fused-ring (bicyclic) bond motifs is 1. The molecule has 15 heavy (non-hydrogen) atoms. The molecule has 0 aliphatic rings. The Morgan fingerprint density at radius 3 is 2.73 bits per heavy atom. The molecule has 0 aliphatic carbocycles. The lowest BCUT2D eigenvalue weighted by Crippen LogP contribution is -2.04. The van der Waals surface area contributed by atoms with Gasteiger partial charge in [0, 0.05) is 0 Å². The smallest absolute Gasteiger partial charge is 0.323 e. The molecule has 0 amide bonds. The van der Waals surface area contributed by atoms with Gasteiger partial charge >= 0.3 is 5.69 Å². The van der Waals surface area contributed by atoms with Crippen LogP contribution in [0, 0.1) is 0 Å². The van der Waals surface area contributed by atoms with Gasteiger partial charge in [-0.2, -0.15) is 0 Å². The van der Waals surface area contributed by atoms with Gasteiger partial charge in [-0.05, 0) is 24.6 Å². The van der Waals surface area contributed by atoms with Crippen LogP contribution in [0.1, 0.15) is 5.56 Å². The fourth-order valence-electron chi connectivity index (χ4n) is 1.69. The lowest BCUT2D eigenvalue weighted by molar-refractivity contribution is 0.419. The molecular weight excluding hydrogens is 194 g/mol. The van der Waals surface area contributed by atoms with Crippen LogP contribution in [0.2, 0.25) is 0 Å². The molecule has 0 saturated carbocycles. The summed E-state index contributed by atoms with van der Waals surface area (Å²) in [6, 6.07) is 3.74. The van der Waals surface area contributed by atoms with Gasteiger partial charge in [-0.25, -0.2) is 4.79 Å². The molecule has 0 aliphatic heterocycles. The largest absolute Gasteiger partial charge is 0.494 e. The first-order valence-electron chi connectivity index (χ1n) is 4.74. The number of hydrogen-bond acceptors (Lipinski definition) is 3. The maximum absolute atomic E-state index is 11.2. The molecule has 1 aromatic heterocycles. The van der Waals surface area contributed by atoms with Gasteiger partial charge in [-0.15, -0.1) is 0 Å². The Morgan fingerprint density at radius 2 is 2.07 bits per heavy atom. The van der Waals surface area contributed by atoms with Crippen molar-refractivity contribution < 1.29 is 4.74 Å². The van der Waals surface area contributed by atoms with E-state index in [1.165, 1.54) is 0 Å². The fourth-order valence-corrected chi connectivity index (χ4v) is 1.69. The molecule has 2 aromatic rings. The van der Waals surface area contributed by atoms with Crippen LogP contribution in [0.25, 0.3) is 11.0 Å². The van der Waals surface area contributed by atoms with E-state index in [1.807, 2.05) is 12.1 Å². The number of rotatable bonds is 3. The summed E-state index contributed by atoms with van der Waals surface area (Å²) >= 11 is 0. The first-order chi connectivity index (χ1) is 7.26. The second kappa shape index (κ2) is 3.78. The Bertz CT molecular complexity index is 527. The highest BCUT2D eigenvalue weighted by Gasteiger charge is 2.08. The maximum atomic E-state index is 11.2. The summed E-state index contributed by atoms with van der Waals surface area (Å²) in [5.41, 5.74) is 7.77. The van der Waals surface area contributed by atoms with Gasteiger partial charge in [0.2, 0.25) is 0 Å². The van der Waals surface area contributed by atoms with Gasteiger partial charge < -0.3 is 20.4 Å². The number of hydrogen-bond donors (Lipinski definition) is 3. The molecule has 0 bridgehead atoms. The minimum absolute atomic E-state index is 0.229. The van der Waals surface area contributed by atoms with Crippen LogP contribution >= 0.6 is 0 Å². The molecule has 80 valence electrons. The van der Waals surface area contributed by atoms with E-state index in [4.69, 9.17) is 10.5 Å². The van der Waals surface area contributed by atoms with Gasteiger partial charge in [-0.3, -0.25) is 0 Å². The van der Waals surface area contributed by atoms with Gasteiger partial charge in [0.15, 0.2) is 0 Å². The van der Waals surface area contributed by atoms with E-state index in [9.17, 15) is 4.79 Å². The molecule has 1 heterocycles. The van der Waals surface area contributed by atoms with E-state index in [0.29, 0.717) is 17.8 Å².